The summed E-state index contributed by atoms with van der Waals surface area (Å²) in [6, 6.07) is -0.369. The summed E-state index contributed by atoms with van der Waals surface area (Å²) >= 11 is 0. The van der Waals surface area contributed by atoms with E-state index >= 15 is 0 Å². The molecule has 7 nitrogen and oxygen atoms in total. The van der Waals surface area contributed by atoms with Gasteiger partial charge in [-0.25, -0.2) is 4.79 Å². The molecular formula is C21H24F13NO6. The van der Waals surface area contributed by atoms with Crippen LogP contribution in [-0.4, -0.2) is 92.0 Å². The molecule has 1 aliphatic carbocycles. The van der Waals surface area contributed by atoms with Gasteiger partial charge in [-0.05, 0) is 19.8 Å². The number of nitrogens with one attached hydrogen (secondary N) is 1. The van der Waals surface area contributed by atoms with E-state index in [1.807, 2.05) is 0 Å². The lowest BCUT2D eigenvalue weighted by Gasteiger charge is -2.40. The molecule has 2 aliphatic heterocycles. The molecule has 3 fully saturated rings. The number of hydrogen-bond donors (Lipinski definition) is 1. The Labute approximate surface area is 222 Å². The van der Waals surface area contributed by atoms with Gasteiger partial charge in [0.1, 0.15) is 12.2 Å². The quantitative estimate of drug-likeness (QED) is 0.349. The summed E-state index contributed by atoms with van der Waals surface area (Å²) in [7, 11) is 0.965. The minimum Gasteiger partial charge on any atom is -0.438 e. The van der Waals surface area contributed by atoms with Gasteiger partial charge in [0, 0.05) is 13.2 Å². The average molecular weight is 633 g/mol. The van der Waals surface area contributed by atoms with Gasteiger partial charge < -0.3 is 29.0 Å². The fraction of sp³-hybridized carbons (Fsp3) is 0.952. The van der Waals surface area contributed by atoms with Crippen LogP contribution in [0.25, 0.3) is 0 Å². The summed E-state index contributed by atoms with van der Waals surface area (Å²) in [6.45, 7) is 1.05. The van der Waals surface area contributed by atoms with Crippen molar-refractivity contribution in [3.8, 4) is 0 Å². The molecule has 0 aromatic heterocycles. The molecule has 1 saturated carbocycles. The molecule has 6 atom stereocenters. The van der Waals surface area contributed by atoms with E-state index in [2.05, 4.69) is 14.8 Å². The first-order valence-electron chi connectivity index (χ1n) is 12.0. The maximum Gasteiger partial charge on any atom is 0.460 e. The van der Waals surface area contributed by atoms with E-state index in [4.69, 9.17) is 14.2 Å². The van der Waals surface area contributed by atoms with Crippen molar-refractivity contribution in [3.05, 3.63) is 0 Å². The predicted molar refractivity (Wildman–Crippen MR) is 106 cm³/mol. The summed E-state index contributed by atoms with van der Waals surface area (Å²) in [6.07, 6.45) is -18.2. The molecule has 240 valence electrons. The molecule has 3 aliphatic rings. The number of amides is 1. The van der Waals surface area contributed by atoms with Gasteiger partial charge in [-0.2, -0.15) is 57.1 Å². The van der Waals surface area contributed by atoms with Crippen LogP contribution in [-0.2, 0) is 23.7 Å². The monoisotopic (exact) mass is 633 g/mol. The van der Waals surface area contributed by atoms with Gasteiger partial charge in [0.25, 0.3) is 0 Å². The van der Waals surface area contributed by atoms with Crippen LogP contribution >= 0.6 is 0 Å². The maximum absolute atomic E-state index is 14.7. The van der Waals surface area contributed by atoms with Crippen LogP contribution in [0, 0.1) is 0 Å². The number of ether oxygens (including phenoxy) is 5. The zero-order chi connectivity index (χ0) is 31.4. The van der Waals surface area contributed by atoms with E-state index in [-0.39, 0.29) is 6.04 Å². The van der Waals surface area contributed by atoms with Crippen molar-refractivity contribution in [1.29, 1.82) is 0 Å². The van der Waals surface area contributed by atoms with Crippen molar-refractivity contribution in [2.45, 2.75) is 118 Å². The van der Waals surface area contributed by atoms with E-state index in [9.17, 15) is 61.9 Å². The third-order valence-corrected chi connectivity index (χ3v) is 6.95. The van der Waals surface area contributed by atoms with E-state index in [1.165, 1.54) is 0 Å². The van der Waals surface area contributed by atoms with Gasteiger partial charge in [0.05, 0.1) is 6.10 Å². The first kappa shape index (κ1) is 33.7. The van der Waals surface area contributed by atoms with Crippen LogP contribution in [0.4, 0.5) is 61.9 Å². The molecular weight excluding hydrogens is 609 g/mol. The third kappa shape index (κ3) is 5.52. The smallest absolute Gasteiger partial charge is 0.438 e. The molecule has 20 heteroatoms. The molecule has 1 amide bonds. The van der Waals surface area contributed by atoms with Gasteiger partial charge >= 0.3 is 41.9 Å². The van der Waals surface area contributed by atoms with Crippen molar-refractivity contribution in [1.82, 2.24) is 5.32 Å². The number of alkyl halides is 13. The summed E-state index contributed by atoms with van der Waals surface area (Å²) in [5.74, 6) is -38.3. The summed E-state index contributed by atoms with van der Waals surface area (Å²) in [4.78, 5) is 12.4. The number of carbonyl (C=O) groups is 1. The van der Waals surface area contributed by atoms with Crippen LogP contribution in [0.3, 0.4) is 0 Å². The zero-order valence-electron chi connectivity index (χ0n) is 20.9. The Morgan fingerprint density at radius 1 is 0.732 bits per heavy atom. The molecule has 0 spiro atoms. The molecule has 41 heavy (non-hydrogen) atoms. The van der Waals surface area contributed by atoms with Crippen LogP contribution < -0.4 is 5.32 Å². The molecule has 2 heterocycles. The number of carbonyl (C=O) groups excluding carboxylic acids is 1. The van der Waals surface area contributed by atoms with Crippen molar-refractivity contribution in [2.75, 3.05) is 7.11 Å². The largest absolute Gasteiger partial charge is 0.460 e. The van der Waals surface area contributed by atoms with E-state index < -0.39 is 78.9 Å². The molecule has 0 radical (unpaired) electrons. The van der Waals surface area contributed by atoms with Crippen molar-refractivity contribution >= 4 is 6.09 Å². The van der Waals surface area contributed by atoms with Crippen LogP contribution in [0.2, 0.25) is 0 Å². The van der Waals surface area contributed by atoms with Crippen molar-refractivity contribution < 1.29 is 85.6 Å². The minimum absolute atomic E-state index is 0.369. The molecule has 0 aromatic carbocycles. The van der Waals surface area contributed by atoms with Crippen molar-refractivity contribution in [2.24, 2.45) is 0 Å². The standard InChI is InChI=1S/C21H24F13NO6/c1-8-10-11(12(13(37-2)38-8)41-15(36)35-9-6-4-3-5-7-9)40-14(39-10)16(22,23)17(24,25)18(26,27)19(28,29)20(30,31)21(32,33)34/h8-14H,3-7H2,1-2H3,(H,35,36)/t8-,10-,11-,12+,13+,14-/m0/s1. The predicted octanol–water partition coefficient (Wildman–Crippen LogP) is 5.65. The number of halogens is 13. The molecule has 3 rings (SSSR count). The second-order valence-corrected chi connectivity index (χ2v) is 9.75. The van der Waals surface area contributed by atoms with Gasteiger partial charge in [-0.1, -0.05) is 19.3 Å². The summed E-state index contributed by atoms with van der Waals surface area (Å²) in [5.41, 5.74) is 0. The first-order valence-corrected chi connectivity index (χ1v) is 12.0. The van der Waals surface area contributed by atoms with E-state index in [0.717, 1.165) is 33.3 Å². The first-order chi connectivity index (χ1) is 18.5. The lowest BCUT2D eigenvalue weighted by Crippen LogP contribution is -2.71. The number of rotatable bonds is 8. The molecule has 0 bridgehead atoms. The normalized spacial score (nSPS) is 31.1. The SMILES string of the molecule is CO[C@@H]1O[C@@H](C)[C@@H]2O[C@H](C(F)(F)C(F)(F)C(F)(F)C(F)(F)C(F)(F)C(F)(F)F)O[C@@H]2[C@H]1OC(=O)NC1CCCCC1. The highest BCUT2D eigenvalue weighted by molar-refractivity contribution is 5.68. The molecule has 0 aromatic rings. The Balaban J connectivity index is 1.88. The van der Waals surface area contributed by atoms with Gasteiger partial charge in [0.15, 0.2) is 12.4 Å². The Kier molecular flexibility index (Phi) is 9.07. The van der Waals surface area contributed by atoms with Crippen LogP contribution in [0.1, 0.15) is 39.0 Å². The maximum atomic E-state index is 14.7. The van der Waals surface area contributed by atoms with Gasteiger partial charge in [-0.15, -0.1) is 0 Å². The second kappa shape index (κ2) is 11.0. The summed E-state index contributed by atoms with van der Waals surface area (Å²) in [5, 5.41) is 2.45. The van der Waals surface area contributed by atoms with Crippen LogP contribution in [0.5, 0.6) is 0 Å². The van der Waals surface area contributed by atoms with Gasteiger partial charge in [-0.3, -0.25) is 0 Å². The second-order valence-electron chi connectivity index (χ2n) is 9.75. The third-order valence-electron chi connectivity index (χ3n) is 6.95. The Morgan fingerprint density at radius 2 is 1.24 bits per heavy atom. The number of fused-ring (bicyclic) bond motifs is 1. The fourth-order valence-corrected chi connectivity index (χ4v) is 4.62. The number of alkyl carbamates (subject to hydrolysis) is 1. The van der Waals surface area contributed by atoms with E-state index in [1.54, 1.807) is 0 Å². The van der Waals surface area contributed by atoms with Crippen LogP contribution in [0.15, 0.2) is 0 Å². The topological polar surface area (TPSA) is 75.2 Å². The zero-order valence-corrected chi connectivity index (χ0v) is 20.9. The van der Waals surface area contributed by atoms with E-state index in [0.29, 0.717) is 12.8 Å². The molecule has 0 unspecified atom stereocenters. The Bertz CT molecular complexity index is 943. The highest BCUT2D eigenvalue weighted by Crippen LogP contribution is 2.61. The summed E-state index contributed by atoms with van der Waals surface area (Å²) < 4.78 is 201. The highest BCUT2D eigenvalue weighted by atomic mass is 19.4. The number of hydrogen-bond acceptors (Lipinski definition) is 6. The van der Waals surface area contributed by atoms with Gasteiger partial charge in [0.2, 0.25) is 6.29 Å². The lowest BCUT2D eigenvalue weighted by molar-refractivity contribution is -0.450. The number of methoxy groups -OCH3 is 1. The highest BCUT2D eigenvalue weighted by Gasteiger charge is 2.92. The minimum atomic E-state index is -8.07. The van der Waals surface area contributed by atoms with Crippen molar-refractivity contribution in [3.63, 3.8) is 0 Å². The fourth-order valence-electron chi connectivity index (χ4n) is 4.62. The average Bonchev–Trinajstić information content (AvgIpc) is 3.32. The lowest BCUT2D eigenvalue weighted by atomic mass is 9.93. The molecule has 2 saturated heterocycles. The Morgan fingerprint density at radius 3 is 1.76 bits per heavy atom. The molecule has 1 N–H and O–H groups in total. The Hall–Kier alpha value is -1.80.